The molecule has 3 rings (SSSR count). The highest BCUT2D eigenvalue weighted by Gasteiger charge is 2.56. The largest absolute Gasteiger partial charge is 0.481 e. The Morgan fingerprint density at radius 2 is 2.09 bits per heavy atom. The maximum absolute atomic E-state index is 12.8. The van der Waals surface area contributed by atoms with Gasteiger partial charge < -0.3 is 14.7 Å². The number of benzene rings is 1. The predicted molar refractivity (Wildman–Crippen MR) is 80.2 cm³/mol. The van der Waals surface area contributed by atoms with E-state index < -0.39 is 17.5 Å². The summed E-state index contributed by atoms with van der Waals surface area (Å²) in [6, 6.07) is 9.34. The summed E-state index contributed by atoms with van der Waals surface area (Å²) >= 11 is 0. The summed E-state index contributed by atoms with van der Waals surface area (Å²) in [4.78, 5) is 26.2. The molecule has 1 aromatic rings. The molecule has 22 heavy (non-hydrogen) atoms. The monoisotopic (exact) mass is 303 g/mol. The number of hydrogen-bond acceptors (Lipinski definition) is 3. The molecule has 0 bridgehead atoms. The van der Waals surface area contributed by atoms with E-state index in [0.717, 1.165) is 18.4 Å². The van der Waals surface area contributed by atoms with E-state index >= 15 is 0 Å². The third-order valence-electron chi connectivity index (χ3n) is 5.17. The highest BCUT2D eigenvalue weighted by molar-refractivity contribution is 5.85. The van der Waals surface area contributed by atoms with Gasteiger partial charge >= 0.3 is 5.97 Å². The van der Waals surface area contributed by atoms with Crippen molar-refractivity contribution in [2.24, 2.45) is 11.3 Å². The number of fused-ring (bicyclic) bond motifs is 1. The van der Waals surface area contributed by atoms with Crippen molar-refractivity contribution in [1.29, 1.82) is 0 Å². The number of carboxylic acid groups (broad SMARTS) is 1. The van der Waals surface area contributed by atoms with Crippen LogP contribution in [0, 0.1) is 11.3 Å². The van der Waals surface area contributed by atoms with E-state index in [4.69, 9.17) is 4.74 Å². The topological polar surface area (TPSA) is 66.8 Å². The van der Waals surface area contributed by atoms with E-state index in [2.05, 4.69) is 0 Å². The van der Waals surface area contributed by atoms with E-state index in [9.17, 15) is 14.7 Å². The van der Waals surface area contributed by atoms with Crippen LogP contribution in [0.4, 0.5) is 0 Å². The van der Waals surface area contributed by atoms with Gasteiger partial charge in [-0.25, -0.2) is 0 Å². The molecule has 1 unspecified atom stereocenters. The fourth-order valence-corrected chi connectivity index (χ4v) is 3.98. The summed E-state index contributed by atoms with van der Waals surface area (Å²) in [5.74, 6) is -0.829. The number of hydrogen-bond donors (Lipinski definition) is 1. The number of carboxylic acids is 1. The molecule has 0 spiro atoms. The average Bonchev–Trinajstić information content (AvgIpc) is 3.07. The highest BCUT2D eigenvalue weighted by Crippen LogP contribution is 2.49. The normalized spacial score (nSPS) is 28.4. The second-order valence-corrected chi connectivity index (χ2v) is 6.30. The average molecular weight is 303 g/mol. The van der Waals surface area contributed by atoms with Crippen LogP contribution in [0.1, 0.15) is 30.9 Å². The number of aliphatic carboxylic acids is 1. The van der Waals surface area contributed by atoms with Crippen LogP contribution in [0.3, 0.4) is 0 Å². The van der Waals surface area contributed by atoms with Crippen molar-refractivity contribution < 1.29 is 19.4 Å². The first-order chi connectivity index (χ1) is 10.6. The van der Waals surface area contributed by atoms with E-state index in [1.807, 2.05) is 30.3 Å². The number of rotatable bonds is 4. The number of amides is 1. The summed E-state index contributed by atoms with van der Waals surface area (Å²) in [6.07, 6.45) is 1.83. The fraction of sp³-hybridized carbons (Fsp3) is 0.529. The predicted octanol–water partition coefficient (Wildman–Crippen LogP) is 2.09. The van der Waals surface area contributed by atoms with Crippen LogP contribution in [0.2, 0.25) is 0 Å². The van der Waals surface area contributed by atoms with Gasteiger partial charge in [0.2, 0.25) is 0 Å². The molecular formula is C17H21NO4. The van der Waals surface area contributed by atoms with E-state index in [1.54, 1.807) is 4.90 Å². The van der Waals surface area contributed by atoms with Crippen LogP contribution in [0.5, 0.6) is 0 Å². The van der Waals surface area contributed by atoms with Gasteiger partial charge in [-0.1, -0.05) is 36.8 Å². The smallest absolute Gasteiger partial charge is 0.311 e. The fourth-order valence-electron chi connectivity index (χ4n) is 3.98. The van der Waals surface area contributed by atoms with E-state index in [-0.39, 0.29) is 11.8 Å². The van der Waals surface area contributed by atoms with Gasteiger partial charge in [-0.2, -0.15) is 0 Å². The van der Waals surface area contributed by atoms with Crippen LogP contribution < -0.4 is 0 Å². The second kappa shape index (κ2) is 5.72. The number of ether oxygens (including phenoxy) is 1. The molecule has 1 aliphatic carbocycles. The van der Waals surface area contributed by atoms with Crippen LogP contribution in [-0.4, -0.2) is 42.1 Å². The third kappa shape index (κ3) is 2.29. The van der Waals surface area contributed by atoms with Crippen molar-refractivity contribution in [3.05, 3.63) is 35.9 Å². The Morgan fingerprint density at radius 1 is 1.36 bits per heavy atom. The molecule has 1 aliphatic heterocycles. The van der Waals surface area contributed by atoms with E-state index in [1.165, 1.54) is 7.11 Å². The molecule has 3 atom stereocenters. The highest BCUT2D eigenvalue weighted by atomic mass is 16.5. The summed E-state index contributed by atoms with van der Waals surface area (Å²) in [5, 5.41) is 9.62. The van der Waals surface area contributed by atoms with Crippen molar-refractivity contribution in [1.82, 2.24) is 4.90 Å². The molecule has 0 aromatic heterocycles. The zero-order chi connectivity index (χ0) is 15.7. The van der Waals surface area contributed by atoms with Crippen LogP contribution in [0.25, 0.3) is 0 Å². The molecule has 1 saturated heterocycles. The van der Waals surface area contributed by atoms with Crippen LogP contribution in [0.15, 0.2) is 30.3 Å². The zero-order valence-corrected chi connectivity index (χ0v) is 12.7. The quantitative estimate of drug-likeness (QED) is 0.925. The Bertz CT molecular complexity index is 573. The first-order valence-electron chi connectivity index (χ1n) is 7.68. The summed E-state index contributed by atoms with van der Waals surface area (Å²) in [7, 11) is 1.51. The minimum atomic E-state index is -0.765. The van der Waals surface area contributed by atoms with Crippen LogP contribution >= 0.6 is 0 Å². The molecule has 5 heteroatoms. The number of carbonyl (C=O) groups is 2. The van der Waals surface area contributed by atoms with Gasteiger partial charge in [-0.15, -0.1) is 0 Å². The Morgan fingerprint density at radius 3 is 2.68 bits per heavy atom. The molecule has 5 nitrogen and oxygen atoms in total. The molecule has 1 N–H and O–H groups in total. The van der Waals surface area contributed by atoms with Crippen molar-refractivity contribution in [3.8, 4) is 0 Å². The Hall–Kier alpha value is -1.88. The number of nitrogens with zero attached hydrogens (tertiary/aromatic N) is 1. The maximum Gasteiger partial charge on any atom is 0.311 e. The minimum Gasteiger partial charge on any atom is -0.481 e. The van der Waals surface area contributed by atoms with Gasteiger partial charge in [0.05, 0.1) is 5.41 Å². The van der Waals surface area contributed by atoms with Gasteiger partial charge in [0.1, 0.15) is 0 Å². The maximum atomic E-state index is 12.8. The van der Waals surface area contributed by atoms with Gasteiger partial charge in [0, 0.05) is 20.2 Å². The molecule has 1 aromatic carbocycles. The SMILES string of the molecule is COC(C(=O)N1C[C@@H]2CCC[C@@]2(C(=O)O)C1)c1ccccc1. The summed E-state index contributed by atoms with van der Waals surface area (Å²) < 4.78 is 5.39. The summed E-state index contributed by atoms with van der Waals surface area (Å²) in [6.45, 7) is 0.830. The summed E-state index contributed by atoms with van der Waals surface area (Å²) in [5.41, 5.74) is 0.0569. The number of likely N-dealkylation sites (tertiary alicyclic amines) is 1. The Kier molecular flexibility index (Phi) is 3.91. The lowest BCUT2D eigenvalue weighted by molar-refractivity contribution is -0.150. The van der Waals surface area contributed by atoms with Gasteiger partial charge in [0.25, 0.3) is 5.91 Å². The first kappa shape index (κ1) is 15.0. The lowest BCUT2D eigenvalue weighted by Crippen LogP contribution is -2.39. The molecule has 118 valence electrons. The Balaban J connectivity index is 1.80. The molecular weight excluding hydrogens is 282 g/mol. The molecule has 1 saturated carbocycles. The van der Waals surface area contributed by atoms with Crippen molar-refractivity contribution in [2.45, 2.75) is 25.4 Å². The van der Waals surface area contributed by atoms with Gasteiger partial charge in [-0.05, 0) is 24.3 Å². The number of methoxy groups -OCH3 is 1. The molecule has 1 heterocycles. The van der Waals surface area contributed by atoms with Crippen molar-refractivity contribution >= 4 is 11.9 Å². The molecule has 0 radical (unpaired) electrons. The van der Waals surface area contributed by atoms with Crippen LogP contribution in [-0.2, 0) is 14.3 Å². The standard InChI is InChI=1S/C17H21NO4/c1-22-14(12-6-3-2-4-7-12)15(19)18-10-13-8-5-9-17(13,11-18)16(20)21/h2-4,6-7,13-14H,5,8-11H2,1H3,(H,20,21)/t13-,14?,17+/m0/s1. The minimum absolute atomic E-state index is 0.0715. The van der Waals surface area contributed by atoms with Gasteiger partial charge in [-0.3, -0.25) is 9.59 Å². The van der Waals surface area contributed by atoms with E-state index in [0.29, 0.717) is 19.5 Å². The Labute approximate surface area is 129 Å². The van der Waals surface area contributed by atoms with Gasteiger partial charge in [0.15, 0.2) is 6.10 Å². The lowest BCUT2D eigenvalue weighted by Gasteiger charge is -2.25. The lowest BCUT2D eigenvalue weighted by atomic mass is 9.81. The zero-order valence-electron chi connectivity index (χ0n) is 12.7. The first-order valence-corrected chi connectivity index (χ1v) is 7.68. The molecule has 2 aliphatic rings. The van der Waals surface area contributed by atoms with Crippen molar-refractivity contribution in [3.63, 3.8) is 0 Å². The number of carbonyl (C=O) groups excluding carboxylic acids is 1. The molecule has 2 fully saturated rings. The molecule has 1 amide bonds. The third-order valence-corrected chi connectivity index (χ3v) is 5.17. The van der Waals surface area contributed by atoms with Crippen molar-refractivity contribution in [2.75, 3.05) is 20.2 Å². The second-order valence-electron chi connectivity index (χ2n) is 6.30.